The molecule has 0 radical (unpaired) electrons. The second kappa shape index (κ2) is 6.26. The van der Waals surface area contributed by atoms with Gasteiger partial charge in [0.1, 0.15) is 6.61 Å². The third-order valence-electron chi connectivity index (χ3n) is 4.14. The van der Waals surface area contributed by atoms with E-state index in [-0.39, 0.29) is 18.1 Å². The number of aliphatic hydroxyl groups is 1. The lowest BCUT2D eigenvalue weighted by atomic mass is 9.70. The molecule has 1 saturated heterocycles. The Morgan fingerprint density at radius 2 is 2.17 bits per heavy atom. The van der Waals surface area contributed by atoms with Crippen molar-refractivity contribution in [3.8, 4) is 0 Å². The van der Waals surface area contributed by atoms with Crippen molar-refractivity contribution in [3.63, 3.8) is 0 Å². The van der Waals surface area contributed by atoms with E-state index in [1.165, 1.54) is 6.42 Å². The third-order valence-corrected chi connectivity index (χ3v) is 4.14. The molecule has 2 unspecified atom stereocenters. The molecular formula is C13H22F2O3. The molecule has 18 heavy (non-hydrogen) atoms. The molecule has 0 bridgehead atoms. The van der Waals surface area contributed by atoms with Crippen LogP contribution in [-0.2, 0) is 9.47 Å². The number of hydrogen-bond acceptors (Lipinski definition) is 3. The largest absolute Gasteiger partial charge is 0.393 e. The van der Waals surface area contributed by atoms with Gasteiger partial charge >= 0.3 is 0 Å². The zero-order valence-corrected chi connectivity index (χ0v) is 10.6. The van der Waals surface area contributed by atoms with E-state index >= 15 is 0 Å². The Morgan fingerprint density at radius 1 is 1.39 bits per heavy atom. The molecule has 2 rings (SSSR count). The molecule has 0 aromatic rings. The minimum absolute atomic E-state index is 0.0216. The molecule has 2 atom stereocenters. The Labute approximate surface area is 106 Å². The highest BCUT2D eigenvalue weighted by molar-refractivity contribution is 4.95. The monoisotopic (exact) mass is 264 g/mol. The summed E-state index contributed by atoms with van der Waals surface area (Å²) < 4.78 is 34.3. The first-order valence-electron chi connectivity index (χ1n) is 6.79. The number of halogens is 2. The van der Waals surface area contributed by atoms with Crippen molar-refractivity contribution in [2.24, 2.45) is 5.92 Å². The molecule has 0 aromatic carbocycles. The molecule has 106 valence electrons. The second-order valence-corrected chi connectivity index (χ2v) is 5.46. The average molecular weight is 264 g/mol. The van der Waals surface area contributed by atoms with Crippen molar-refractivity contribution in [1.29, 1.82) is 0 Å². The zero-order valence-electron chi connectivity index (χ0n) is 10.6. The van der Waals surface area contributed by atoms with Crippen molar-refractivity contribution >= 4 is 0 Å². The normalized spacial score (nSPS) is 28.3. The van der Waals surface area contributed by atoms with Crippen LogP contribution in [0.3, 0.4) is 0 Å². The molecule has 1 aliphatic carbocycles. The summed E-state index contributed by atoms with van der Waals surface area (Å²) in [6, 6.07) is 0. The summed E-state index contributed by atoms with van der Waals surface area (Å²) >= 11 is 0. The lowest BCUT2D eigenvalue weighted by molar-refractivity contribution is -0.158. The fraction of sp³-hybridized carbons (Fsp3) is 1.00. The van der Waals surface area contributed by atoms with Gasteiger partial charge in [-0.3, -0.25) is 0 Å². The van der Waals surface area contributed by atoms with Crippen molar-refractivity contribution in [2.75, 3.05) is 19.8 Å². The Bertz CT molecular complexity index is 257. The fourth-order valence-corrected chi connectivity index (χ4v) is 2.93. The third kappa shape index (κ3) is 3.62. The van der Waals surface area contributed by atoms with Crippen LogP contribution in [0.25, 0.3) is 0 Å². The molecule has 1 heterocycles. The number of alkyl halides is 2. The zero-order chi connectivity index (χ0) is 13.0. The summed E-state index contributed by atoms with van der Waals surface area (Å²) in [7, 11) is 0. The summed E-state index contributed by atoms with van der Waals surface area (Å²) in [6.07, 6.45) is 2.72. The van der Waals surface area contributed by atoms with Crippen LogP contribution >= 0.6 is 0 Å². The van der Waals surface area contributed by atoms with Gasteiger partial charge in [0.15, 0.2) is 0 Å². The average Bonchev–Trinajstić information content (AvgIpc) is 2.32. The minimum atomic E-state index is -2.43. The highest BCUT2D eigenvalue weighted by atomic mass is 19.3. The molecule has 3 nitrogen and oxygen atoms in total. The molecule has 2 fully saturated rings. The van der Waals surface area contributed by atoms with Crippen LogP contribution in [0, 0.1) is 5.92 Å². The Balaban J connectivity index is 1.66. The Morgan fingerprint density at radius 3 is 2.78 bits per heavy atom. The van der Waals surface area contributed by atoms with Crippen LogP contribution in [0.2, 0.25) is 0 Å². The van der Waals surface area contributed by atoms with Gasteiger partial charge in [-0.05, 0) is 44.4 Å². The van der Waals surface area contributed by atoms with Crippen molar-refractivity contribution < 1.29 is 23.4 Å². The van der Waals surface area contributed by atoms with E-state index in [0.717, 1.165) is 25.7 Å². The molecule has 1 saturated carbocycles. The van der Waals surface area contributed by atoms with Crippen LogP contribution in [0.4, 0.5) is 8.78 Å². The molecule has 1 spiro atoms. The van der Waals surface area contributed by atoms with Crippen LogP contribution in [0.1, 0.15) is 38.5 Å². The van der Waals surface area contributed by atoms with Gasteiger partial charge in [-0.1, -0.05) is 0 Å². The van der Waals surface area contributed by atoms with E-state index in [4.69, 9.17) is 9.47 Å². The molecule has 0 amide bonds. The summed E-state index contributed by atoms with van der Waals surface area (Å²) in [5.41, 5.74) is 0.0216. The van der Waals surface area contributed by atoms with E-state index in [9.17, 15) is 13.9 Å². The maximum Gasteiger partial charge on any atom is 0.261 e. The first-order chi connectivity index (χ1) is 8.61. The van der Waals surface area contributed by atoms with Crippen LogP contribution < -0.4 is 0 Å². The lowest BCUT2D eigenvalue weighted by Crippen LogP contribution is -2.47. The van der Waals surface area contributed by atoms with E-state index < -0.39 is 19.1 Å². The molecular weight excluding hydrogens is 242 g/mol. The maximum absolute atomic E-state index is 11.9. The maximum atomic E-state index is 11.9. The van der Waals surface area contributed by atoms with Gasteiger partial charge in [0.2, 0.25) is 0 Å². The molecule has 0 aromatic heterocycles. The molecule has 2 aliphatic rings. The molecule has 5 heteroatoms. The van der Waals surface area contributed by atoms with Gasteiger partial charge in [-0.2, -0.15) is 0 Å². The summed E-state index contributed by atoms with van der Waals surface area (Å²) in [4.78, 5) is 0. The molecule has 1 aliphatic heterocycles. The van der Waals surface area contributed by atoms with Crippen molar-refractivity contribution in [2.45, 2.75) is 56.7 Å². The topological polar surface area (TPSA) is 38.7 Å². The minimum Gasteiger partial charge on any atom is -0.393 e. The predicted octanol–water partition coefficient (Wildman–Crippen LogP) is 2.37. The highest BCUT2D eigenvalue weighted by Gasteiger charge is 2.43. The van der Waals surface area contributed by atoms with Gasteiger partial charge in [0.05, 0.1) is 11.7 Å². The number of rotatable bonds is 6. The van der Waals surface area contributed by atoms with Crippen molar-refractivity contribution in [1.82, 2.24) is 0 Å². The standard InChI is InChI=1S/C13H22F2O3/c14-12(15)9-17-6-3-11(16)10-2-7-18-13(8-10)4-1-5-13/h10-12,16H,1-9H2. The van der Waals surface area contributed by atoms with E-state index in [1.54, 1.807) is 0 Å². The smallest absolute Gasteiger partial charge is 0.261 e. The second-order valence-electron chi connectivity index (χ2n) is 5.46. The number of hydrogen-bond donors (Lipinski definition) is 1. The predicted molar refractivity (Wildman–Crippen MR) is 62.7 cm³/mol. The Hall–Kier alpha value is -0.260. The summed E-state index contributed by atoms with van der Waals surface area (Å²) in [5.74, 6) is 0.231. The van der Waals surface area contributed by atoms with Crippen LogP contribution in [0.15, 0.2) is 0 Å². The van der Waals surface area contributed by atoms with Crippen molar-refractivity contribution in [3.05, 3.63) is 0 Å². The fourth-order valence-electron chi connectivity index (χ4n) is 2.93. The quantitative estimate of drug-likeness (QED) is 0.749. The van der Waals surface area contributed by atoms with Gasteiger partial charge in [0.25, 0.3) is 6.43 Å². The van der Waals surface area contributed by atoms with Crippen LogP contribution in [-0.4, -0.2) is 43.1 Å². The number of aliphatic hydroxyl groups excluding tert-OH is 1. The summed E-state index contributed by atoms with van der Waals surface area (Å²) in [5, 5.41) is 10.1. The van der Waals surface area contributed by atoms with Crippen LogP contribution in [0.5, 0.6) is 0 Å². The highest BCUT2D eigenvalue weighted by Crippen LogP contribution is 2.45. The first-order valence-corrected chi connectivity index (χ1v) is 6.79. The van der Waals surface area contributed by atoms with E-state index in [2.05, 4.69) is 0 Å². The van der Waals surface area contributed by atoms with E-state index in [0.29, 0.717) is 13.0 Å². The van der Waals surface area contributed by atoms with Gasteiger partial charge in [0, 0.05) is 13.2 Å². The molecule has 1 N–H and O–H groups in total. The lowest BCUT2D eigenvalue weighted by Gasteiger charge is -2.48. The number of ether oxygens (including phenoxy) is 2. The summed E-state index contributed by atoms with van der Waals surface area (Å²) in [6.45, 7) is 0.375. The van der Waals surface area contributed by atoms with Gasteiger partial charge < -0.3 is 14.6 Å². The Kier molecular flexibility index (Phi) is 4.92. The SMILES string of the molecule is OC(CCOCC(F)F)C1CCOC2(CCC2)C1. The van der Waals surface area contributed by atoms with E-state index in [1.807, 2.05) is 0 Å². The van der Waals surface area contributed by atoms with Gasteiger partial charge in [-0.25, -0.2) is 8.78 Å². The first kappa shape index (κ1) is 14.2. The van der Waals surface area contributed by atoms with Gasteiger partial charge in [-0.15, -0.1) is 0 Å².